The van der Waals surface area contributed by atoms with Gasteiger partial charge < -0.3 is 25.1 Å². The summed E-state index contributed by atoms with van der Waals surface area (Å²) in [5.74, 6) is -1.37. The number of fused-ring (bicyclic) bond motifs is 1. The quantitative estimate of drug-likeness (QED) is 0.523. The molecule has 0 saturated carbocycles. The highest BCUT2D eigenvalue weighted by molar-refractivity contribution is 6.03. The van der Waals surface area contributed by atoms with Gasteiger partial charge in [-0.05, 0) is 43.2 Å². The van der Waals surface area contributed by atoms with E-state index in [0.29, 0.717) is 30.7 Å². The summed E-state index contributed by atoms with van der Waals surface area (Å²) in [5, 5.41) is 5.24. The number of pyridine rings is 1. The molecule has 0 spiro atoms. The number of hydrogen-bond donors (Lipinski definition) is 3. The summed E-state index contributed by atoms with van der Waals surface area (Å²) in [6.45, 7) is 0.299. The fourth-order valence-electron chi connectivity index (χ4n) is 3.91. The molecule has 2 aromatic heterocycles. The second-order valence-corrected chi connectivity index (χ2v) is 7.61. The normalized spacial score (nSPS) is 15.9. The summed E-state index contributed by atoms with van der Waals surface area (Å²) in [7, 11) is 0. The van der Waals surface area contributed by atoms with Crippen LogP contribution in [0.5, 0.6) is 5.75 Å². The minimum Gasteiger partial charge on any atom is -0.406 e. The molecule has 34 heavy (non-hydrogen) atoms. The summed E-state index contributed by atoms with van der Waals surface area (Å²) < 4.78 is 42.8. The number of carbonyl (C=O) groups is 3. The molecule has 4 N–H and O–H groups in total. The number of ether oxygens (including phenoxy) is 1. The molecule has 1 aliphatic rings. The Bertz CT molecular complexity index is 1260. The van der Waals surface area contributed by atoms with E-state index in [0.717, 1.165) is 12.1 Å². The topological polar surface area (TPSA) is 118 Å². The molecule has 0 unspecified atom stereocenters. The molecule has 178 valence electrons. The van der Waals surface area contributed by atoms with Crippen LogP contribution in [0.1, 0.15) is 23.2 Å². The zero-order chi connectivity index (χ0) is 24.5. The van der Waals surface area contributed by atoms with Crippen LogP contribution in [-0.4, -0.2) is 46.1 Å². The molecule has 0 bridgehead atoms. The van der Waals surface area contributed by atoms with Gasteiger partial charge in [-0.1, -0.05) is 12.1 Å². The van der Waals surface area contributed by atoms with Crippen molar-refractivity contribution in [1.82, 2.24) is 9.30 Å². The number of urea groups is 1. The maximum atomic E-state index is 13.0. The van der Waals surface area contributed by atoms with E-state index in [9.17, 15) is 27.6 Å². The van der Waals surface area contributed by atoms with E-state index in [2.05, 4.69) is 15.4 Å². The largest absolute Gasteiger partial charge is 0.573 e. The van der Waals surface area contributed by atoms with Crippen molar-refractivity contribution in [1.29, 1.82) is 0 Å². The number of amides is 4. The molecule has 3 aromatic rings. The number of nitrogens with zero attached hydrogens (tertiary/aromatic N) is 2. The van der Waals surface area contributed by atoms with Gasteiger partial charge >= 0.3 is 12.4 Å². The van der Waals surface area contributed by atoms with Crippen molar-refractivity contribution in [2.45, 2.75) is 25.2 Å². The molecular weight excluding hydrogens is 455 g/mol. The maximum absolute atomic E-state index is 13.0. The van der Waals surface area contributed by atoms with Crippen LogP contribution in [0, 0.1) is 0 Å². The molecule has 4 rings (SSSR count). The Morgan fingerprint density at radius 1 is 1.06 bits per heavy atom. The molecule has 1 atom stereocenters. The average Bonchev–Trinajstić information content (AvgIpc) is 3.38. The van der Waals surface area contributed by atoms with Crippen LogP contribution >= 0.6 is 0 Å². The molecule has 3 heterocycles. The second-order valence-electron chi connectivity index (χ2n) is 7.61. The first-order chi connectivity index (χ1) is 16.1. The Hall–Kier alpha value is -4.22. The zero-order valence-electron chi connectivity index (χ0n) is 17.6. The van der Waals surface area contributed by atoms with E-state index in [4.69, 9.17) is 5.73 Å². The molecule has 1 fully saturated rings. The van der Waals surface area contributed by atoms with Gasteiger partial charge in [-0.3, -0.25) is 14.9 Å². The Morgan fingerprint density at radius 3 is 2.59 bits per heavy atom. The number of carbonyl (C=O) groups excluding carboxylic acids is 3. The van der Waals surface area contributed by atoms with Gasteiger partial charge in [-0.25, -0.2) is 4.79 Å². The summed E-state index contributed by atoms with van der Waals surface area (Å²) >= 11 is 0. The van der Waals surface area contributed by atoms with Crippen molar-refractivity contribution < 1.29 is 32.3 Å². The molecule has 9 nitrogen and oxygen atoms in total. The predicted molar refractivity (Wildman–Crippen MR) is 116 cm³/mol. The van der Waals surface area contributed by atoms with E-state index < -0.39 is 36.0 Å². The van der Waals surface area contributed by atoms with Crippen molar-refractivity contribution in [3.63, 3.8) is 0 Å². The summed E-state index contributed by atoms with van der Waals surface area (Å²) in [4.78, 5) is 38.9. The standard InChI is InChI=1S/C22H20F3N5O4/c23-22(24,25)34-14-6-3-5-13(11-14)27-20(32)17-8-4-10-30(17)21(33)28-18-12-15(19(26)31)16-7-1-2-9-29(16)18/h1-3,5-7,9,11-12,17H,4,8,10H2,(H2,26,31)(H,27,32)(H,28,33)/t17-/m0/s1. The number of likely N-dealkylation sites (tertiary alicyclic amines) is 1. The lowest BCUT2D eigenvalue weighted by Gasteiger charge is -2.24. The summed E-state index contributed by atoms with van der Waals surface area (Å²) in [6, 6.07) is 10.1. The summed E-state index contributed by atoms with van der Waals surface area (Å²) in [6.07, 6.45) is -2.27. The molecule has 12 heteroatoms. The molecule has 1 aromatic carbocycles. The van der Waals surface area contributed by atoms with E-state index in [-0.39, 0.29) is 11.3 Å². The van der Waals surface area contributed by atoms with Gasteiger partial charge in [0.25, 0.3) is 5.91 Å². The number of aromatic nitrogens is 1. The van der Waals surface area contributed by atoms with E-state index in [1.54, 1.807) is 28.8 Å². The van der Waals surface area contributed by atoms with Gasteiger partial charge in [0.2, 0.25) is 5.91 Å². The van der Waals surface area contributed by atoms with E-state index in [1.807, 2.05) is 0 Å². The minimum absolute atomic E-state index is 0.0997. The van der Waals surface area contributed by atoms with Gasteiger partial charge in [-0.15, -0.1) is 13.2 Å². The number of hydrogen-bond acceptors (Lipinski definition) is 4. The van der Waals surface area contributed by atoms with Crippen LogP contribution in [0.3, 0.4) is 0 Å². The number of primary amides is 1. The molecule has 0 aliphatic carbocycles. The third kappa shape index (κ3) is 4.90. The van der Waals surface area contributed by atoms with Crippen molar-refractivity contribution in [2.24, 2.45) is 5.73 Å². The first-order valence-corrected chi connectivity index (χ1v) is 10.3. The number of rotatable bonds is 5. The fourth-order valence-corrected chi connectivity index (χ4v) is 3.91. The number of nitrogens with one attached hydrogen (secondary N) is 2. The van der Waals surface area contributed by atoms with Gasteiger partial charge in [0.15, 0.2) is 0 Å². The lowest BCUT2D eigenvalue weighted by atomic mass is 10.2. The third-order valence-corrected chi connectivity index (χ3v) is 5.33. The zero-order valence-corrected chi connectivity index (χ0v) is 17.6. The minimum atomic E-state index is -4.86. The third-order valence-electron chi connectivity index (χ3n) is 5.33. The predicted octanol–water partition coefficient (Wildman–Crippen LogP) is 3.57. The van der Waals surface area contributed by atoms with Crippen LogP contribution in [0.2, 0.25) is 0 Å². The number of anilines is 2. The monoisotopic (exact) mass is 475 g/mol. The number of nitrogens with two attached hydrogens (primary N) is 1. The molecule has 1 aliphatic heterocycles. The Labute approximate surface area is 191 Å². The van der Waals surface area contributed by atoms with Crippen LogP contribution in [0.4, 0.5) is 29.5 Å². The van der Waals surface area contributed by atoms with Crippen LogP contribution < -0.4 is 21.1 Å². The molecule has 4 amide bonds. The first kappa shape index (κ1) is 23.0. The SMILES string of the molecule is NC(=O)c1cc(NC(=O)N2CCC[C@H]2C(=O)Nc2cccc(OC(F)(F)F)c2)n2ccccc12. The van der Waals surface area contributed by atoms with Crippen molar-refractivity contribution >= 4 is 34.9 Å². The van der Waals surface area contributed by atoms with Crippen LogP contribution in [0.15, 0.2) is 54.7 Å². The number of halogens is 3. The highest BCUT2D eigenvalue weighted by atomic mass is 19.4. The number of benzene rings is 1. The lowest BCUT2D eigenvalue weighted by molar-refractivity contribution is -0.274. The lowest BCUT2D eigenvalue weighted by Crippen LogP contribution is -2.45. The first-order valence-electron chi connectivity index (χ1n) is 10.3. The van der Waals surface area contributed by atoms with Crippen molar-refractivity contribution in [2.75, 3.05) is 17.2 Å². The molecule has 1 saturated heterocycles. The molecule has 0 radical (unpaired) electrons. The van der Waals surface area contributed by atoms with Gasteiger partial charge in [-0.2, -0.15) is 0 Å². The van der Waals surface area contributed by atoms with E-state index >= 15 is 0 Å². The maximum Gasteiger partial charge on any atom is 0.573 e. The van der Waals surface area contributed by atoms with Crippen molar-refractivity contribution in [3.05, 3.63) is 60.3 Å². The average molecular weight is 475 g/mol. The van der Waals surface area contributed by atoms with Crippen LogP contribution in [-0.2, 0) is 4.79 Å². The number of alkyl halides is 3. The highest BCUT2D eigenvalue weighted by Gasteiger charge is 2.35. The van der Waals surface area contributed by atoms with Gasteiger partial charge in [0.05, 0.1) is 11.1 Å². The second kappa shape index (κ2) is 8.96. The van der Waals surface area contributed by atoms with Crippen molar-refractivity contribution in [3.8, 4) is 5.75 Å². The van der Waals surface area contributed by atoms with E-state index in [1.165, 1.54) is 23.1 Å². The van der Waals surface area contributed by atoms with Gasteiger partial charge in [0.1, 0.15) is 17.6 Å². The summed E-state index contributed by atoms with van der Waals surface area (Å²) in [5.41, 5.74) is 6.27. The molecular formula is C22H20F3N5O4. The Kier molecular flexibility index (Phi) is 6.05. The Balaban J connectivity index is 1.48. The highest BCUT2D eigenvalue weighted by Crippen LogP contribution is 2.27. The Morgan fingerprint density at radius 2 is 1.85 bits per heavy atom. The van der Waals surface area contributed by atoms with Crippen LogP contribution in [0.25, 0.3) is 5.52 Å². The fraction of sp³-hybridized carbons (Fsp3) is 0.227. The van der Waals surface area contributed by atoms with Gasteiger partial charge in [0, 0.05) is 24.5 Å². The smallest absolute Gasteiger partial charge is 0.406 e.